The summed E-state index contributed by atoms with van der Waals surface area (Å²) in [5.41, 5.74) is -4.14. The molecule has 0 saturated heterocycles. The summed E-state index contributed by atoms with van der Waals surface area (Å²) < 4.78 is 45.8. The van der Waals surface area contributed by atoms with E-state index >= 15 is 0 Å². The van der Waals surface area contributed by atoms with Crippen molar-refractivity contribution in [2.75, 3.05) is 30.3 Å². The Bertz CT molecular complexity index is 175. The maximum absolute atomic E-state index is 11.6. The molecule has 0 amide bonds. The van der Waals surface area contributed by atoms with E-state index in [4.69, 9.17) is 0 Å². The van der Waals surface area contributed by atoms with Crippen LogP contribution in [0.3, 0.4) is 0 Å². The topological polar surface area (TPSA) is 29.1 Å². The van der Waals surface area contributed by atoms with E-state index in [0.29, 0.717) is 24.6 Å². The normalized spacial score (nSPS) is 14.3. The van der Waals surface area contributed by atoms with Crippen LogP contribution in [0, 0.1) is 0 Å². The van der Waals surface area contributed by atoms with E-state index in [-0.39, 0.29) is 17.5 Å². The smallest absolute Gasteiger partial charge is 0.315 e. The van der Waals surface area contributed by atoms with Crippen LogP contribution in [-0.4, -0.2) is 40.1 Å². The van der Waals surface area contributed by atoms with Crippen molar-refractivity contribution in [2.45, 2.75) is 12.4 Å². The van der Waals surface area contributed by atoms with Gasteiger partial charge in [-0.1, -0.05) is 6.92 Å². The van der Waals surface area contributed by atoms with Gasteiger partial charge in [-0.15, -0.1) is 0 Å². The Morgan fingerprint density at radius 2 is 2.00 bits per heavy atom. The maximum Gasteiger partial charge on any atom is 0.441 e. The van der Waals surface area contributed by atoms with Crippen LogP contribution in [0.2, 0.25) is 0 Å². The van der Waals surface area contributed by atoms with E-state index < -0.39 is 16.3 Å². The van der Waals surface area contributed by atoms with Gasteiger partial charge in [0.25, 0.3) is 0 Å². The molecule has 0 aromatic heterocycles. The van der Waals surface area contributed by atoms with Crippen LogP contribution in [0.5, 0.6) is 0 Å². The summed E-state index contributed by atoms with van der Waals surface area (Å²) in [6, 6.07) is 0. The summed E-state index contributed by atoms with van der Waals surface area (Å²) in [6.45, 7) is 2.62. The van der Waals surface area contributed by atoms with Gasteiger partial charge in [-0.05, 0) is 11.8 Å². The molecule has 0 bridgehead atoms. The highest BCUT2D eigenvalue weighted by Crippen LogP contribution is 2.29. The van der Waals surface area contributed by atoms with Crippen molar-refractivity contribution in [3.63, 3.8) is 0 Å². The average molecular weight is 249 g/mol. The predicted molar refractivity (Wildman–Crippen MR) is 54.9 cm³/mol. The molecule has 1 N–H and O–H groups in total. The molecule has 14 heavy (non-hydrogen) atoms. The fourth-order valence-corrected chi connectivity index (χ4v) is 1.83. The Hall–Kier alpha value is 0.250. The third-order valence-corrected chi connectivity index (χ3v) is 3.41. The number of nitrogens with one attached hydrogen (secondary N) is 1. The van der Waals surface area contributed by atoms with E-state index in [1.807, 2.05) is 6.92 Å². The molecule has 0 heterocycles. The maximum atomic E-state index is 11.6. The molecule has 0 aliphatic rings. The number of thioether (sulfide) groups is 1. The van der Waals surface area contributed by atoms with Gasteiger partial charge >= 0.3 is 5.51 Å². The van der Waals surface area contributed by atoms with E-state index in [0.717, 1.165) is 0 Å². The van der Waals surface area contributed by atoms with Crippen molar-refractivity contribution in [1.82, 2.24) is 5.32 Å². The van der Waals surface area contributed by atoms with Gasteiger partial charge in [-0.25, -0.2) is 0 Å². The fraction of sp³-hybridized carbons (Fsp3) is 1.00. The monoisotopic (exact) mass is 249 g/mol. The molecule has 0 fully saturated rings. The predicted octanol–water partition coefficient (Wildman–Crippen LogP) is 1.60. The van der Waals surface area contributed by atoms with E-state index in [1.165, 1.54) is 0 Å². The zero-order valence-electron chi connectivity index (χ0n) is 7.89. The lowest BCUT2D eigenvalue weighted by atomic mass is 10.7. The minimum absolute atomic E-state index is 0.00224. The van der Waals surface area contributed by atoms with Gasteiger partial charge < -0.3 is 5.32 Å². The molecule has 1 unspecified atom stereocenters. The van der Waals surface area contributed by atoms with E-state index in [2.05, 4.69) is 5.32 Å². The molecule has 1 atom stereocenters. The largest absolute Gasteiger partial charge is 0.441 e. The average Bonchev–Trinajstić information content (AvgIpc) is 2.08. The van der Waals surface area contributed by atoms with Crippen molar-refractivity contribution >= 4 is 22.6 Å². The molecule has 7 heteroatoms. The summed E-state index contributed by atoms with van der Waals surface area (Å²) >= 11 is -0.0402. The summed E-state index contributed by atoms with van der Waals surface area (Å²) in [4.78, 5) is 0. The zero-order chi connectivity index (χ0) is 11.0. The van der Waals surface area contributed by atoms with Gasteiger partial charge in [0.15, 0.2) is 0 Å². The molecule has 2 nitrogen and oxygen atoms in total. The lowest BCUT2D eigenvalue weighted by molar-refractivity contribution is -0.0327. The first kappa shape index (κ1) is 14.2. The van der Waals surface area contributed by atoms with Crippen molar-refractivity contribution in [2.24, 2.45) is 0 Å². The molecule has 0 rings (SSSR count). The number of halogens is 3. The quantitative estimate of drug-likeness (QED) is 0.695. The summed E-state index contributed by atoms with van der Waals surface area (Å²) in [7, 11) is -0.841. The highest BCUT2D eigenvalue weighted by atomic mass is 32.2. The van der Waals surface area contributed by atoms with Crippen molar-refractivity contribution in [1.29, 1.82) is 0 Å². The molecular weight excluding hydrogens is 235 g/mol. The highest BCUT2D eigenvalue weighted by molar-refractivity contribution is 8.00. The summed E-state index contributed by atoms with van der Waals surface area (Å²) in [6.07, 6.45) is 0. The molecule has 86 valence electrons. The van der Waals surface area contributed by atoms with Crippen LogP contribution in [0.1, 0.15) is 6.92 Å². The second-order valence-electron chi connectivity index (χ2n) is 2.48. The highest BCUT2D eigenvalue weighted by Gasteiger charge is 2.27. The lowest BCUT2D eigenvalue weighted by Gasteiger charge is -2.06. The van der Waals surface area contributed by atoms with E-state index in [1.54, 1.807) is 0 Å². The van der Waals surface area contributed by atoms with Crippen LogP contribution in [-0.2, 0) is 10.8 Å². The molecule has 0 aromatic carbocycles. The second-order valence-corrected chi connectivity index (χ2v) is 5.50. The van der Waals surface area contributed by atoms with E-state index in [9.17, 15) is 17.4 Å². The first-order valence-electron chi connectivity index (χ1n) is 4.22. The Morgan fingerprint density at radius 1 is 1.36 bits per heavy atom. The van der Waals surface area contributed by atoms with Gasteiger partial charge in [0, 0.05) is 41.1 Å². The Kier molecular flexibility index (Phi) is 7.66. The Labute approximate surface area is 88.5 Å². The first-order chi connectivity index (χ1) is 6.45. The van der Waals surface area contributed by atoms with Crippen molar-refractivity contribution in [3.05, 3.63) is 0 Å². The van der Waals surface area contributed by atoms with Crippen LogP contribution < -0.4 is 5.32 Å². The number of alkyl halides is 3. The number of hydrogen-bond donors (Lipinski definition) is 1. The Balaban J connectivity index is 3.18. The molecule has 0 aliphatic carbocycles. The fourth-order valence-electron chi connectivity index (χ4n) is 0.694. The van der Waals surface area contributed by atoms with Crippen LogP contribution >= 0.6 is 11.8 Å². The number of hydrogen-bond acceptors (Lipinski definition) is 3. The van der Waals surface area contributed by atoms with Gasteiger partial charge in [0.1, 0.15) is 0 Å². The molecule has 0 aliphatic heterocycles. The SMILES string of the molecule is CCS(=O)CCNCCSC(F)(F)F. The number of rotatable bonds is 7. The van der Waals surface area contributed by atoms with Crippen molar-refractivity contribution < 1.29 is 17.4 Å². The standard InChI is InChI=1S/C7H14F3NOS2/c1-2-14(12)6-4-11-3-5-13-7(8,9)10/h11H,2-6H2,1H3. The van der Waals surface area contributed by atoms with Gasteiger partial charge in [-0.3, -0.25) is 4.21 Å². The molecular formula is C7H14F3NOS2. The van der Waals surface area contributed by atoms with Gasteiger partial charge in [-0.2, -0.15) is 13.2 Å². The van der Waals surface area contributed by atoms with Crippen LogP contribution in [0.15, 0.2) is 0 Å². The Morgan fingerprint density at radius 3 is 2.50 bits per heavy atom. The van der Waals surface area contributed by atoms with Crippen molar-refractivity contribution in [3.8, 4) is 0 Å². The molecule has 0 radical (unpaired) electrons. The van der Waals surface area contributed by atoms with Crippen LogP contribution in [0.25, 0.3) is 0 Å². The minimum atomic E-state index is -4.14. The molecule has 0 spiro atoms. The molecule has 0 saturated carbocycles. The molecule has 0 aromatic rings. The minimum Gasteiger partial charge on any atom is -0.315 e. The zero-order valence-corrected chi connectivity index (χ0v) is 9.53. The summed E-state index contributed by atoms with van der Waals surface area (Å²) in [5, 5.41) is 2.81. The van der Waals surface area contributed by atoms with Crippen LogP contribution in [0.4, 0.5) is 13.2 Å². The first-order valence-corrected chi connectivity index (χ1v) is 6.69. The van der Waals surface area contributed by atoms with Gasteiger partial charge in [0.2, 0.25) is 0 Å². The summed E-state index contributed by atoms with van der Waals surface area (Å²) in [5.74, 6) is 1.11. The second kappa shape index (κ2) is 7.53. The van der Waals surface area contributed by atoms with Gasteiger partial charge in [0.05, 0.1) is 0 Å². The third kappa shape index (κ3) is 10.3. The third-order valence-electron chi connectivity index (χ3n) is 1.37. The lowest BCUT2D eigenvalue weighted by Crippen LogP contribution is -2.24.